The Bertz CT molecular complexity index is 299. The van der Waals surface area contributed by atoms with Gasteiger partial charge >= 0.3 is 0 Å². The first-order valence-corrected chi connectivity index (χ1v) is 5.88. The molecule has 86 valence electrons. The van der Waals surface area contributed by atoms with Crippen molar-refractivity contribution >= 4 is 11.6 Å². The van der Waals surface area contributed by atoms with Gasteiger partial charge in [0, 0.05) is 12.7 Å². The molecule has 15 heavy (non-hydrogen) atoms. The molecule has 0 aliphatic carbocycles. The summed E-state index contributed by atoms with van der Waals surface area (Å²) in [4.78, 5) is 0. The van der Waals surface area contributed by atoms with E-state index in [0.717, 1.165) is 25.1 Å². The van der Waals surface area contributed by atoms with Crippen molar-refractivity contribution in [2.45, 2.75) is 52.9 Å². The molecule has 0 N–H and O–H groups in total. The van der Waals surface area contributed by atoms with E-state index in [1.807, 2.05) is 10.9 Å². The van der Waals surface area contributed by atoms with Gasteiger partial charge in [-0.3, -0.25) is 4.68 Å². The number of aromatic nitrogens is 2. The van der Waals surface area contributed by atoms with Gasteiger partial charge in [0.15, 0.2) is 0 Å². The van der Waals surface area contributed by atoms with Crippen LogP contribution in [-0.4, -0.2) is 15.9 Å². The predicted molar refractivity (Wildman–Crippen MR) is 62.1 cm³/mol. The molecule has 0 aliphatic rings. The van der Waals surface area contributed by atoms with E-state index < -0.39 is 0 Å². The fourth-order valence-corrected chi connectivity index (χ4v) is 1.42. The van der Waals surface area contributed by atoms with Crippen LogP contribution in [0.2, 0.25) is 5.02 Å². The second-order valence-corrected chi connectivity index (χ2v) is 4.12. The highest BCUT2D eigenvalue weighted by atomic mass is 35.5. The van der Waals surface area contributed by atoms with Crippen LogP contribution < -0.4 is 0 Å². The minimum absolute atomic E-state index is 0.261. The maximum atomic E-state index is 6.04. The third-order valence-electron chi connectivity index (χ3n) is 2.32. The van der Waals surface area contributed by atoms with E-state index >= 15 is 0 Å². The average molecular weight is 231 g/mol. The molecule has 0 radical (unpaired) electrons. The topological polar surface area (TPSA) is 27.1 Å². The largest absolute Gasteiger partial charge is 0.372 e. The van der Waals surface area contributed by atoms with Crippen LogP contribution in [0.4, 0.5) is 0 Å². The highest BCUT2D eigenvalue weighted by Gasteiger charge is 2.08. The van der Waals surface area contributed by atoms with Gasteiger partial charge in [0.1, 0.15) is 5.69 Å². The average Bonchev–Trinajstić information content (AvgIpc) is 2.56. The number of nitrogens with zero attached hydrogens (tertiary/aromatic N) is 2. The van der Waals surface area contributed by atoms with E-state index in [0.29, 0.717) is 11.6 Å². The van der Waals surface area contributed by atoms with Crippen LogP contribution in [-0.2, 0) is 17.9 Å². The first-order chi connectivity index (χ1) is 7.17. The first-order valence-electron chi connectivity index (χ1n) is 5.50. The Hall–Kier alpha value is -0.540. The van der Waals surface area contributed by atoms with E-state index in [4.69, 9.17) is 16.3 Å². The van der Waals surface area contributed by atoms with Crippen molar-refractivity contribution < 1.29 is 4.74 Å². The van der Waals surface area contributed by atoms with Gasteiger partial charge in [0.2, 0.25) is 0 Å². The summed E-state index contributed by atoms with van der Waals surface area (Å²) in [6.45, 7) is 7.68. The lowest BCUT2D eigenvalue weighted by Gasteiger charge is -2.08. The zero-order valence-corrected chi connectivity index (χ0v) is 10.4. The van der Waals surface area contributed by atoms with Crippen LogP contribution in [0.25, 0.3) is 0 Å². The van der Waals surface area contributed by atoms with E-state index in [1.54, 1.807) is 0 Å². The lowest BCUT2D eigenvalue weighted by Crippen LogP contribution is -2.07. The molecule has 1 rings (SSSR count). The molecule has 0 saturated heterocycles. The number of halogens is 1. The molecule has 0 aliphatic heterocycles. The predicted octanol–water partition coefficient (Wildman–Crippen LogP) is 3.26. The molecule has 0 spiro atoms. The van der Waals surface area contributed by atoms with Gasteiger partial charge in [-0.2, -0.15) is 5.10 Å². The molecule has 3 nitrogen and oxygen atoms in total. The van der Waals surface area contributed by atoms with Gasteiger partial charge in [-0.25, -0.2) is 0 Å². The Morgan fingerprint density at radius 2 is 2.27 bits per heavy atom. The Morgan fingerprint density at radius 1 is 1.53 bits per heavy atom. The van der Waals surface area contributed by atoms with Gasteiger partial charge in [0.05, 0.1) is 17.7 Å². The standard InChI is InChI=1S/C11H19ClN2O/c1-4-6-14-7-10(12)11(13-14)8-15-9(3)5-2/h7,9H,4-6,8H2,1-3H3/t9-/m0/s1. The molecule has 1 atom stereocenters. The lowest BCUT2D eigenvalue weighted by atomic mass is 10.3. The fraction of sp³-hybridized carbons (Fsp3) is 0.727. The lowest BCUT2D eigenvalue weighted by molar-refractivity contribution is 0.0486. The highest BCUT2D eigenvalue weighted by molar-refractivity contribution is 6.31. The third-order valence-corrected chi connectivity index (χ3v) is 2.64. The summed E-state index contributed by atoms with van der Waals surface area (Å²) in [6, 6.07) is 0. The second kappa shape index (κ2) is 6.13. The van der Waals surface area contributed by atoms with Gasteiger partial charge in [-0.15, -0.1) is 0 Å². The number of hydrogen-bond acceptors (Lipinski definition) is 2. The molecule has 0 fully saturated rings. The number of aryl methyl sites for hydroxylation is 1. The normalized spacial score (nSPS) is 13.1. The molecule has 0 unspecified atom stereocenters. The zero-order valence-electron chi connectivity index (χ0n) is 9.66. The summed E-state index contributed by atoms with van der Waals surface area (Å²) in [7, 11) is 0. The molecule has 1 heterocycles. The van der Waals surface area contributed by atoms with Crippen LogP contribution in [0, 0.1) is 0 Å². The third kappa shape index (κ3) is 3.84. The van der Waals surface area contributed by atoms with Crippen molar-refractivity contribution in [3.8, 4) is 0 Å². The zero-order chi connectivity index (χ0) is 11.3. The van der Waals surface area contributed by atoms with Gasteiger partial charge in [-0.1, -0.05) is 25.4 Å². The molecule has 1 aromatic heterocycles. The Morgan fingerprint density at radius 3 is 2.87 bits per heavy atom. The van der Waals surface area contributed by atoms with E-state index in [2.05, 4.69) is 25.9 Å². The monoisotopic (exact) mass is 230 g/mol. The summed E-state index contributed by atoms with van der Waals surface area (Å²) >= 11 is 6.04. The Balaban J connectivity index is 2.53. The Labute approximate surface area is 96.4 Å². The molecule has 0 bridgehead atoms. The van der Waals surface area contributed by atoms with E-state index in [1.165, 1.54) is 0 Å². The van der Waals surface area contributed by atoms with Crippen molar-refractivity contribution in [3.63, 3.8) is 0 Å². The summed E-state index contributed by atoms with van der Waals surface area (Å²) in [5, 5.41) is 5.07. The van der Waals surface area contributed by atoms with Crippen molar-refractivity contribution in [1.82, 2.24) is 9.78 Å². The Kier molecular flexibility index (Phi) is 5.12. The number of rotatable bonds is 6. The van der Waals surface area contributed by atoms with Crippen molar-refractivity contribution in [2.24, 2.45) is 0 Å². The van der Waals surface area contributed by atoms with E-state index in [9.17, 15) is 0 Å². The summed E-state index contributed by atoms with van der Waals surface area (Å²) in [5.41, 5.74) is 0.838. The molecule has 0 aromatic carbocycles. The van der Waals surface area contributed by atoms with Crippen LogP contribution >= 0.6 is 11.6 Å². The van der Waals surface area contributed by atoms with Crippen molar-refractivity contribution in [1.29, 1.82) is 0 Å². The van der Waals surface area contributed by atoms with Gasteiger partial charge < -0.3 is 4.74 Å². The minimum atomic E-state index is 0.261. The molecule has 0 saturated carbocycles. The maximum Gasteiger partial charge on any atom is 0.107 e. The SMILES string of the molecule is CCCn1cc(Cl)c(CO[C@@H](C)CC)n1. The number of hydrogen-bond donors (Lipinski definition) is 0. The van der Waals surface area contributed by atoms with E-state index in [-0.39, 0.29) is 6.10 Å². The second-order valence-electron chi connectivity index (χ2n) is 3.72. The maximum absolute atomic E-state index is 6.04. The highest BCUT2D eigenvalue weighted by Crippen LogP contribution is 2.16. The summed E-state index contributed by atoms with van der Waals surface area (Å²) < 4.78 is 7.46. The van der Waals surface area contributed by atoms with Crippen LogP contribution in [0.3, 0.4) is 0 Å². The van der Waals surface area contributed by atoms with Crippen LogP contribution in [0.15, 0.2) is 6.20 Å². The quantitative estimate of drug-likeness (QED) is 0.750. The number of ether oxygens (including phenoxy) is 1. The molecular weight excluding hydrogens is 212 g/mol. The smallest absolute Gasteiger partial charge is 0.107 e. The molecule has 0 amide bonds. The molecule has 1 aromatic rings. The summed E-state index contributed by atoms with van der Waals surface area (Å²) in [6.07, 6.45) is 4.19. The molecular formula is C11H19ClN2O. The minimum Gasteiger partial charge on any atom is -0.372 e. The first kappa shape index (κ1) is 12.5. The summed E-state index contributed by atoms with van der Waals surface area (Å²) in [5.74, 6) is 0. The van der Waals surface area contributed by atoms with Crippen molar-refractivity contribution in [3.05, 3.63) is 16.9 Å². The van der Waals surface area contributed by atoms with Gasteiger partial charge in [0.25, 0.3) is 0 Å². The van der Waals surface area contributed by atoms with Crippen molar-refractivity contribution in [2.75, 3.05) is 0 Å². The molecule has 4 heteroatoms. The van der Waals surface area contributed by atoms with Crippen LogP contribution in [0.1, 0.15) is 39.3 Å². The fourth-order valence-electron chi connectivity index (χ4n) is 1.22. The van der Waals surface area contributed by atoms with Crippen LogP contribution in [0.5, 0.6) is 0 Å². The van der Waals surface area contributed by atoms with Gasteiger partial charge in [-0.05, 0) is 19.8 Å².